The molecule has 1 saturated heterocycles. The molecule has 2 N–H and O–H groups in total. The van der Waals surface area contributed by atoms with Gasteiger partial charge in [0, 0.05) is 54.4 Å². The quantitative estimate of drug-likeness (QED) is 0.245. The average Bonchev–Trinajstić information content (AvgIpc) is 3.59. The van der Waals surface area contributed by atoms with Gasteiger partial charge in [-0.1, -0.05) is 12.1 Å². The summed E-state index contributed by atoms with van der Waals surface area (Å²) in [6.07, 6.45) is 1.86. The summed E-state index contributed by atoms with van der Waals surface area (Å²) in [6, 6.07) is 15.6. The zero-order valence-electron chi connectivity index (χ0n) is 22.7. The van der Waals surface area contributed by atoms with Crippen molar-refractivity contribution in [3.05, 3.63) is 89.1 Å². The van der Waals surface area contributed by atoms with Gasteiger partial charge in [-0.15, -0.1) is 0 Å². The molecule has 3 aromatic heterocycles. The summed E-state index contributed by atoms with van der Waals surface area (Å²) in [5.41, 5.74) is 6.00. The number of nitrogens with zero attached hydrogens (tertiary/aromatic N) is 5. The molecule has 0 saturated carbocycles. The number of aromatic nitrogens is 4. The number of fused-ring (bicyclic) bond motifs is 2. The van der Waals surface area contributed by atoms with Crippen LogP contribution in [-0.2, 0) is 19.5 Å². The molecule has 1 aliphatic rings. The number of aryl methyl sites for hydroxylation is 1. The van der Waals surface area contributed by atoms with Gasteiger partial charge in [-0.3, -0.25) is 4.90 Å². The smallest absolute Gasteiger partial charge is 0.367 e. The highest BCUT2D eigenvalue weighted by atomic mass is 19.4. The molecule has 2 aromatic carbocycles. The summed E-state index contributed by atoms with van der Waals surface area (Å²) in [5.74, 6) is 0.658. The topological polar surface area (TPSA) is 85.6 Å². The van der Waals surface area contributed by atoms with Crippen LogP contribution in [0.2, 0.25) is 0 Å². The Balaban J connectivity index is 1.11. The standard InChI is InChI=1S/C31H30F3N7/c1-20-23(3-5-29-27(20)13-25(15-35)41(29)17-22-6-9-36-16-22)18-40-10-7-24(8-11-40)39-30-26-4-2-21(14-31(32,33)34)12-28(26)37-19-38-30/h2-6,9,12-13,16,19,24,36H,7-8,10-11,14,17-18H2,1H3,(H,37,38,39). The molecule has 0 atom stereocenters. The lowest BCUT2D eigenvalue weighted by Gasteiger charge is -2.33. The number of anilines is 1. The molecule has 0 unspecified atom stereocenters. The Morgan fingerprint density at radius 2 is 1.85 bits per heavy atom. The number of hydrogen-bond donors (Lipinski definition) is 2. The van der Waals surface area contributed by atoms with Gasteiger partial charge >= 0.3 is 6.18 Å². The molecule has 1 fully saturated rings. The van der Waals surface area contributed by atoms with E-state index in [1.165, 1.54) is 29.6 Å². The number of piperidine rings is 1. The van der Waals surface area contributed by atoms with Crippen LogP contribution in [0.5, 0.6) is 0 Å². The number of nitriles is 1. The molecule has 7 nitrogen and oxygen atoms in total. The van der Waals surface area contributed by atoms with E-state index < -0.39 is 12.6 Å². The van der Waals surface area contributed by atoms with Gasteiger partial charge in [0.15, 0.2) is 0 Å². The summed E-state index contributed by atoms with van der Waals surface area (Å²) in [6.45, 7) is 5.43. The molecule has 4 heterocycles. The number of rotatable bonds is 7. The lowest BCUT2D eigenvalue weighted by atomic mass is 10.0. The third-order valence-electron chi connectivity index (χ3n) is 8.01. The lowest BCUT2D eigenvalue weighted by molar-refractivity contribution is -0.127. The van der Waals surface area contributed by atoms with Crippen molar-refractivity contribution in [2.75, 3.05) is 18.4 Å². The molecule has 10 heteroatoms. The first-order chi connectivity index (χ1) is 19.8. The Morgan fingerprint density at radius 3 is 2.59 bits per heavy atom. The van der Waals surface area contributed by atoms with Crippen molar-refractivity contribution in [2.45, 2.75) is 51.5 Å². The highest BCUT2D eigenvalue weighted by Gasteiger charge is 2.28. The van der Waals surface area contributed by atoms with Crippen LogP contribution in [0.1, 0.15) is 40.8 Å². The van der Waals surface area contributed by atoms with Crippen LogP contribution >= 0.6 is 0 Å². The van der Waals surface area contributed by atoms with Crippen LogP contribution in [0, 0.1) is 18.3 Å². The number of H-pyrrole nitrogens is 1. The van der Waals surface area contributed by atoms with Crippen molar-refractivity contribution < 1.29 is 13.2 Å². The second-order valence-corrected chi connectivity index (χ2v) is 10.8. The molecule has 6 rings (SSSR count). The molecule has 0 bridgehead atoms. The van der Waals surface area contributed by atoms with Gasteiger partial charge in [0.25, 0.3) is 0 Å². The second-order valence-electron chi connectivity index (χ2n) is 10.8. The van der Waals surface area contributed by atoms with Crippen LogP contribution in [0.15, 0.2) is 61.2 Å². The molecule has 0 amide bonds. The van der Waals surface area contributed by atoms with Crippen molar-refractivity contribution in [1.29, 1.82) is 5.26 Å². The maximum atomic E-state index is 12.8. The Morgan fingerprint density at radius 1 is 1.02 bits per heavy atom. The van der Waals surface area contributed by atoms with Crippen LogP contribution in [0.25, 0.3) is 21.8 Å². The fourth-order valence-corrected chi connectivity index (χ4v) is 5.82. The molecule has 0 spiro atoms. The van der Waals surface area contributed by atoms with Crippen LogP contribution in [0.3, 0.4) is 0 Å². The van der Waals surface area contributed by atoms with Crippen molar-refractivity contribution >= 4 is 27.6 Å². The predicted molar refractivity (Wildman–Crippen MR) is 153 cm³/mol. The van der Waals surface area contributed by atoms with Gasteiger partial charge < -0.3 is 14.9 Å². The van der Waals surface area contributed by atoms with E-state index in [4.69, 9.17) is 0 Å². The monoisotopic (exact) mass is 557 g/mol. The highest BCUT2D eigenvalue weighted by molar-refractivity contribution is 5.89. The first kappa shape index (κ1) is 26.8. The van der Waals surface area contributed by atoms with Crippen LogP contribution in [-0.4, -0.2) is 49.7 Å². The minimum atomic E-state index is -4.26. The van der Waals surface area contributed by atoms with Crippen LogP contribution in [0.4, 0.5) is 19.0 Å². The van der Waals surface area contributed by atoms with Crippen molar-refractivity contribution in [2.24, 2.45) is 0 Å². The van der Waals surface area contributed by atoms with Crippen molar-refractivity contribution in [1.82, 2.24) is 24.4 Å². The molecule has 5 aromatic rings. The predicted octanol–water partition coefficient (Wildman–Crippen LogP) is 6.32. The molecule has 0 radical (unpaired) electrons. The summed E-state index contributed by atoms with van der Waals surface area (Å²) < 4.78 is 40.5. The minimum Gasteiger partial charge on any atom is -0.367 e. The van der Waals surface area contributed by atoms with E-state index in [1.807, 2.05) is 24.5 Å². The Hall–Kier alpha value is -4.36. The maximum Gasteiger partial charge on any atom is 0.393 e. The minimum absolute atomic E-state index is 0.192. The SMILES string of the molecule is Cc1c(CN2CCC(Nc3ncnc4cc(CC(F)(F)F)ccc34)CC2)ccc2c1cc(C#N)n2Cc1cc[nH]c1. The van der Waals surface area contributed by atoms with Crippen molar-refractivity contribution in [3.63, 3.8) is 0 Å². The maximum absolute atomic E-state index is 12.8. The number of likely N-dealkylation sites (tertiary alicyclic amines) is 1. The third kappa shape index (κ3) is 5.77. The summed E-state index contributed by atoms with van der Waals surface area (Å²) in [4.78, 5) is 14.1. The van der Waals surface area contributed by atoms with Crippen molar-refractivity contribution in [3.8, 4) is 6.07 Å². The van der Waals surface area contributed by atoms with E-state index in [0.717, 1.165) is 54.3 Å². The summed E-state index contributed by atoms with van der Waals surface area (Å²) in [5, 5.41) is 15.1. The van der Waals surface area contributed by atoms with E-state index in [0.29, 0.717) is 23.6 Å². The highest BCUT2D eigenvalue weighted by Crippen LogP contribution is 2.29. The Bertz CT molecular complexity index is 1720. The number of hydrogen-bond acceptors (Lipinski definition) is 5. The van der Waals surface area contributed by atoms with Gasteiger partial charge in [-0.25, -0.2) is 9.97 Å². The molecule has 210 valence electrons. The number of benzene rings is 2. The number of aromatic amines is 1. The van der Waals surface area contributed by atoms with E-state index in [2.05, 4.69) is 54.9 Å². The average molecular weight is 558 g/mol. The van der Waals surface area contributed by atoms with Gasteiger partial charge in [-0.05, 0) is 72.4 Å². The first-order valence-corrected chi connectivity index (χ1v) is 13.7. The fourth-order valence-electron chi connectivity index (χ4n) is 5.82. The zero-order chi connectivity index (χ0) is 28.6. The number of alkyl halides is 3. The first-order valence-electron chi connectivity index (χ1n) is 13.7. The van der Waals surface area contributed by atoms with E-state index in [9.17, 15) is 18.4 Å². The largest absolute Gasteiger partial charge is 0.393 e. The molecular weight excluding hydrogens is 527 g/mol. The van der Waals surface area contributed by atoms with Gasteiger partial charge in [0.2, 0.25) is 0 Å². The van der Waals surface area contributed by atoms with Gasteiger partial charge in [0.1, 0.15) is 23.9 Å². The van der Waals surface area contributed by atoms with E-state index in [-0.39, 0.29) is 11.6 Å². The summed E-state index contributed by atoms with van der Waals surface area (Å²) >= 11 is 0. The molecule has 0 aliphatic carbocycles. The Labute approximate surface area is 235 Å². The van der Waals surface area contributed by atoms with E-state index in [1.54, 1.807) is 6.07 Å². The number of halogens is 3. The molecule has 41 heavy (non-hydrogen) atoms. The fraction of sp³-hybridized carbons (Fsp3) is 0.323. The van der Waals surface area contributed by atoms with Gasteiger partial charge in [-0.2, -0.15) is 18.4 Å². The second kappa shape index (κ2) is 10.9. The van der Waals surface area contributed by atoms with Gasteiger partial charge in [0.05, 0.1) is 18.5 Å². The third-order valence-corrected chi connectivity index (χ3v) is 8.01. The molecular formula is C31H30F3N7. The number of nitrogens with one attached hydrogen (secondary N) is 2. The summed E-state index contributed by atoms with van der Waals surface area (Å²) in [7, 11) is 0. The lowest BCUT2D eigenvalue weighted by Crippen LogP contribution is -2.39. The zero-order valence-corrected chi connectivity index (χ0v) is 22.7. The normalized spacial score (nSPS) is 15.0. The van der Waals surface area contributed by atoms with E-state index >= 15 is 0 Å². The Kier molecular flexibility index (Phi) is 7.14. The molecule has 1 aliphatic heterocycles. The van der Waals surface area contributed by atoms with Crippen LogP contribution < -0.4 is 5.32 Å².